The molecule has 0 saturated carbocycles. The third-order valence-electron chi connectivity index (χ3n) is 4.12. The largest absolute Gasteiger partial charge is 0.454 e. The van der Waals surface area contributed by atoms with Crippen LogP contribution in [0.3, 0.4) is 0 Å². The number of pyridine rings is 1. The number of aliphatic hydroxyl groups excluding tert-OH is 1. The first-order valence-electron chi connectivity index (χ1n) is 7.70. The fraction of sp³-hybridized carbons (Fsp3) is 0.222. The van der Waals surface area contributed by atoms with Crippen LogP contribution >= 0.6 is 0 Å². The van der Waals surface area contributed by atoms with E-state index < -0.39 is 6.10 Å². The molecule has 4 rings (SSSR count). The number of aliphatic hydroxyl groups is 1. The number of hydrogen-bond acceptors (Lipinski definition) is 5. The molecule has 1 amide bonds. The van der Waals surface area contributed by atoms with Gasteiger partial charge in [-0.05, 0) is 35.4 Å². The quantitative estimate of drug-likeness (QED) is 0.933. The predicted molar refractivity (Wildman–Crippen MR) is 86.8 cm³/mol. The number of hydrogen-bond donors (Lipinski definition) is 1. The Kier molecular flexibility index (Phi) is 3.66. The average molecular weight is 324 g/mol. The maximum atomic E-state index is 12.1. The van der Waals surface area contributed by atoms with E-state index in [0.29, 0.717) is 30.3 Å². The zero-order valence-corrected chi connectivity index (χ0v) is 12.9. The first kappa shape index (κ1) is 14.7. The Labute approximate surface area is 139 Å². The van der Waals surface area contributed by atoms with Gasteiger partial charge >= 0.3 is 0 Å². The van der Waals surface area contributed by atoms with E-state index >= 15 is 0 Å². The maximum absolute atomic E-state index is 12.1. The molecular formula is C18H16N2O4. The summed E-state index contributed by atoms with van der Waals surface area (Å²) in [5.41, 5.74) is 1.61. The van der Waals surface area contributed by atoms with Gasteiger partial charge in [-0.3, -0.25) is 9.69 Å². The lowest BCUT2D eigenvalue weighted by atomic mass is 10.0. The normalized spacial score (nSPS) is 17.1. The van der Waals surface area contributed by atoms with Crippen LogP contribution in [0.15, 0.2) is 54.2 Å². The number of carbonyl (C=O) groups excluding carboxylic acids is 1. The minimum absolute atomic E-state index is 0.110. The van der Waals surface area contributed by atoms with Crippen molar-refractivity contribution in [3.8, 4) is 11.5 Å². The van der Waals surface area contributed by atoms with Gasteiger partial charge in [-0.2, -0.15) is 0 Å². The third-order valence-corrected chi connectivity index (χ3v) is 4.12. The van der Waals surface area contributed by atoms with Gasteiger partial charge in [-0.1, -0.05) is 12.1 Å². The number of fused-ring (bicyclic) bond motifs is 1. The topological polar surface area (TPSA) is 71.9 Å². The molecule has 0 aliphatic carbocycles. The summed E-state index contributed by atoms with van der Waals surface area (Å²) in [6.07, 6.45) is 2.91. The highest BCUT2D eigenvalue weighted by atomic mass is 16.7. The van der Waals surface area contributed by atoms with E-state index in [2.05, 4.69) is 4.98 Å². The van der Waals surface area contributed by atoms with Crippen LogP contribution < -0.4 is 14.4 Å². The molecule has 6 heteroatoms. The predicted octanol–water partition coefficient (Wildman–Crippen LogP) is 2.21. The van der Waals surface area contributed by atoms with Gasteiger partial charge in [0.1, 0.15) is 5.82 Å². The van der Waals surface area contributed by atoms with Crippen molar-refractivity contribution in [3.63, 3.8) is 0 Å². The molecule has 0 saturated heterocycles. The maximum Gasteiger partial charge on any atom is 0.252 e. The number of benzene rings is 1. The van der Waals surface area contributed by atoms with Crippen molar-refractivity contribution in [2.24, 2.45) is 0 Å². The molecule has 2 aromatic rings. The fourth-order valence-corrected chi connectivity index (χ4v) is 2.90. The summed E-state index contributed by atoms with van der Waals surface area (Å²) in [6, 6.07) is 10.8. The number of amides is 1. The molecule has 122 valence electrons. The Balaban J connectivity index is 1.46. The fourth-order valence-electron chi connectivity index (χ4n) is 2.90. The zero-order valence-electron chi connectivity index (χ0n) is 12.9. The van der Waals surface area contributed by atoms with Crippen molar-refractivity contribution in [3.05, 3.63) is 59.8 Å². The first-order valence-corrected chi connectivity index (χ1v) is 7.70. The molecule has 1 aromatic carbocycles. The van der Waals surface area contributed by atoms with Crippen LogP contribution in [0.1, 0.15) is 18.1 Å². The second-order valence-electron chi connectivity index (χ2n) is 5.75. The summed E-state index contributed by atoms with van der Waals surface area (Å²) < 4.78 is 10.6. The van der Waals surface area contributed by atoms with Gasteiger partial charge in [0.05, 0.1) is 6.10 Å². The SMILES string of the molecule is O=C1C=C(CC(O)c2ccc3c(c2)OCO3)CN1c1ccccn1. The molecular weight excluding hydrogens is 308 g/mol. The molecule has 3 heterocycles. The second kappa shape index (κ2) is 5.98. The lowest BCUT2D eigenvalue weighted by Crippen LogP contribution is -2.26. The Morgan fingerprint density at radius 1 is 1.21 bits per heavy atom. The number of anilines is 1. The summed E-state index contributed by atoms with van der Waals surface area (Å²) in [6.45, 7) is 0.644. The van der Waals surface area contributed by atoms with Crippen LogP contribution in [-0.4, -0.2) is 29.3 Å². The minimum Gasteiger partial charge on any atom is -0.454 e. The van der Waals surface area contributed by atoms with Crippen LogP contribution in [0.2, 0.25) is 0 Å². The van der Waals surface area contributed by atoms with E-state index in [1.54, 1.807) is 35.4 Å². The van der Waals surface area contributed by atoms with Crippen LogP contribution in [0, 0.1) is 0 Å². The van der Waals surface area contributed by atoms with Gasteiger partial charge < -0.3 is 14.6 Å². The zero-order chi connectivity index (χ0) is 16.5. The molecule has 6 nitrogen and oxygen atoms in total. The molecule has 24 heavy (non-hydrogen) atoms. The van der Waals surface area contributed by atoms with Crippen molar-refractivity contribution in [1.29, 1.82) is 0 Å². The van der Waals surface area contributed by atoms with Crippen LogP contribution in [0.4, 0.5) is 5.82 Å². The van der Waals surface area contributed by atoms with E-state index in [1.165, 1.54) is 0 Å². The summed E-state index contributed by atoms with van der Waals surface area (Å²) in [7, 11) is 0. The van der Waals surface area contributed by atoms with Crippen molar-refractivity contribution in [2.75, 3.05) is 18.2 Å². The van der Waals surface area contributed by atoms with Crippen molar-refractivity contribution >= 4 is 11.7 Å². The number of aromatic nitrogens is 1. The monoisotopic (exact) mass is 324 g/mol. The molecule has 0 fully saturated rings. The molecule has 0 bridgehead atoms. The summed E-state index contributed by atoms with van der Waals surface area (Å²) in [5.74, 6) is 1.83. The summed E-state index contributed by atoms with van der Waals surface area (Å²) in [5, 5.41) is 10.5. The van der Waals surface area contributed by atoms with Crippen molar-refractivity contribution < 1.29 is 19.4 Å². The molecule has 2 aliphatic heterocycles. The molecule has 1 aromatic heterocycles. The Morgan fingerprint density at radius 2 is 2.08 bits per heavy atom. The highest BCUT2D eigenvalue weighted by molar-refractivity contribution is 6.04. The molecule has 1 N–H and O–H groups in total. The van der Waals surface area contributed by atoms with Crippen molar-refractivity contribution in [1.82, 2.24) is 4.98 Å². The molecule has 1 atom stereocenters. The van der Waals surface area contributed by atoms with Crippen LogP contribution in [0.5, 0.6) is 11.5 Å². The number of carbonyl (C=O) groups is 1. The van der Waals surface area contributed by atoms with Gasteiger partial charge in [0, 0.05) is 25.2 Å². The Bertz CT molecular complexity index is 804. The van der Waals surface area contributed by atoms with Gasteiger partial charge in [0.25, 0.3) is 5.91 Å². The van der Waals surface area contributed by atoms with E-state index in [4.69, 9.17) is 9.47 Å². The lowest BCUT2D eigenvalue weighted by molar-refractivity contribution is -0.113. The first-order chi connectivity index (χ1) is 11.7. The second-order valence-corrected chi connectivity index (χ2v) is 5.75. The Morgan fingerprint density at radius 3 is 2.92 bits per heavy atom. The average Bonchev–Trinajstić information content (AvgIpc) is 3.21. The van der Waals surface area contributed by atoms with Crippen molar-refractivity contribution in [2.45, 2.75) is 12.5 Å². The lowest BCUT2D eigenvalue weighted by Gasteiger charge is -2.16. The highest BCUT2D eigenvalue weighted by Gasteiger charge is 2.26. The van der Waals surface area contributed by atoms with E-state index in [0.717, 1.165) is 11.1 Å². The number of ether oxygens (including phenoxy) is 2. The standard InChI is InChI=1S/C18H16N2O4/c21-14(13-4-5-15-16(9-13)24-11-23-15)7-12-8-18(22)20(10-12)17-3-1-2-6-19-17/h1-6,8-9,14,21H,7,10-11H2. The van der Waals surface area contributed by atoms with E-state index in [1.807, 2.05) is 18.2 Å². The molecule has 0 radical (unpaired) electrons. The molecule has 0 spiro atoms. The summed E-state index contributed by atoms with van der Waals surface area (Å²) >= 11 is 0. The molecule has 2 aliphatic rings. The number of nitrogens with zero attached hydrogens (tertiary/aromatic N) is 2. The molecule has 1 unspecified atom stereocenters. The van der Waals surface area contributed by atoms with Gasteiger partial charge in [0.2, 0.25) is 6.79 Å². The van der Waals surface area contributed by atoms with Crippen LogP contribution in [0.25, 0.3) is 0 Å². The van der Waals surface area contributed by atoms with E-state index in [9.17, 15) is 9.90 Å². The third kappa shape index (κ3) is 2.72. The van der Waals surface area contributed by atoms with Crippen LogP contribution in [-0.2, 0) is 4.79 Å². The van der Waals surface area contributed by atoms with E-state index in [-0.39, 0.29) is 12.7 Å². The summed E-state index contributed by atoms with van der Waals surface area (Å²) in [4.78, 5) is 17.9. The van der Waals surface area contributed by atoms with Gasteiger partial charge in [0.15, 0.2) is 11.5 Å². The number of rotatable bonds is 4. The minimum atomic E-state index is -0.706. The highest BCUT2D eigenvalue weighted by Crippen LogP contribution is 2.35. The van der Waals surface area contributed by atoms with Gasteiger partial charge in [-0.15, -0.1) is 0 Å². The smallest absolute Gasteiger partial charge is 0.252 e. The van der Waals surface area contributed by atoms with Gasteiger partial charge in [-0.25, -0.2) is 4.98 Å². The Hall–Kier alpha value is -2.86.